The molecule has 270 valence electrons. The quantitative estimate of drug-likeness (QED) is 0.0540. The van der Waals surface area contributed by atoms with E-state index in [1.165, 1.54) is 167 Å². The molecule has 4 heteroatoms. The smallest absolute Gasteiger partial charge is 0.303 e. The average Bonchev–Trinajstić information content (AvgIpc) is 3.05. The second-order valence-corrected chi connectivity index (χ2v) is 13.9. The number of carbonyl (C=O) groups is 2. The van der Waals surface area contributed by atoms with E-state index in [0.29, 0.717) is 19.3 Å². The summed E-state index contributed by atoms with van der Waals surface area (Å²) in [5.74, 6) is -0.538. The zero-order chi connectivity index (χ0) is 33.6. The Balaban J connectivity index is 3.97. The molecular weight excluding hydrogens is 566 g/mol. The molecule has 0 aliphatic rings. The SMILES string of the molecule is CCCCCCCC/C=C\CCCCCCCCN(CCCCCCCC/C=C\CCCCCCCC)C(=O)CCCCC(=O)O. The van der Waals surface area contributed by atoms with Gasteiger partial charge in [-0.15, -0.1) is 0 Å². The van der Waals surface area contributed by atoms with Gasteiger partial charge in [0.1, 0.15) is 0 Å². The van der Waals surface area contributed by atoms with Crippen molar-refractivity contribution in [2.24, 2.45) is 0 Å². The van der Waals surface area contributed by atoms with Crippen molar-refractivity contribution in [3.63, 3.8) is 0 Å². The fourth-order valence-corrected chi connectivity index (χ4v) is 6.17. The van der Waals surface area contributed by atoms with Crippen molar-refractivity contribution in [2.75, 3.05) is 13.1 Å². The molecule has 0 saturated heterocycles. The predicted molar refractivity (Wildman–Crippen MR) is 202 cm³/mol. The van der Waals surface area contributed by atoms with Gasteiger partial charge in [-0.25, -0.2) is 0 Å². The molecule has 4 nitrogen and oxygen atoms in total. The van der Waals surface area contributed by atoms with E-state index >= 15 is 0 Å². The number of amides is 1. The third-order valence-electron chi connectivity index (χ3n) is 9.26. The molecule has 0 radical (unpaired) electrons. The van der Waals surface area contributed by atoms with Gasteiger partial charge in [0.15, 0.2) is 0 Å². The van der Waals surface area contributed by atoms with Gasteiger partial charge < -0.3 is 10.0 Å². The molecule has 0 atom stereocenters. The van der Waals surface area contributed by atoms with Crippen LogP contribution in [0.5, 0.6) is 0 Å². The Bertz CT molecular complexity index is 659. The second-order valence-electron chi connectivity index (χ2n) is 13.9. The zero-order valence-corrected chi connectivity index (χ0v) is 31.1. The molecule has 46 heavy (non-hydrogen) atoms. The van der Waals surface area contributed by atoms with Gasteiger partial charge in [0, 0.05) is 25.9 Å². The van der Waals surface area contributed by atoms with E-state index in [-0.39, 0.29) is 12.3 Å². The van der Waals surface area contributed by atoms with Crippen molar-refractivity contribution in [1.29, 1.82) is 0 Å². The Kier molecular flexibility index (Phi) is 36.6. The normalized spacial score (nSPS) is 11.7. The Labute approximate surface area is 287 Å². The van der Waals surface area contributed by atoms with E-state index in [2.05, 4.69) is 43.1 Å². The van der Waals surface area contributed by atoms with Gasteiger partial charge in [0.25, 0.3) is 0 Å². The summed E-state index contributed by atoms with van der Waals surface area (Å²) in [4.78, 5) is 25.9. The number of unbranched alkanes of at least 4 members (excludes halogenated alkanes) is 25. The Morgan fingerprint density at radius 3 is 1.07 bits per heavy atom. The van der Waals surface area contributed by atoms with Crippen molar-refractivity contribution in [3.8, 4) is 0 Å². The fraction of sp³-hybridized carbons (Fsp3) is 0.857. The van der Waals surface area contributed by atoms with Crippen LogP contribution in [0.2, 0.25) is 0 Å². The molecule has 0 aromatic heterocycles. The number of carbonyl (C=O) groups excluding carboxylic acids is 1. The molecule has 0 spiro atoms. The molecule has 0 aliphatic carbocycles. The summed E-state index contributed by atoms with van der Waals surface area (Å²) in [6, 6.07) is 0. The highest BCUT2D eigenvalue weighted by Crippen LogP contribution is 2.14. The average molecular weight is 646 g/mol. The van der Waals surface area contributed by atoms with Gasteiger partial charge >= 0.3 is 5.97 Å². The number of hydrogen-bond acceptors (Lipinski definition) is 2. The van der Waals surface area contributed by atoms with E-state index in [9.17, 15) is 9.59 Å². The minimum Gasteiger partial charge on any atom is -0.481 e. The van der Waals surface area contributed by atoms with Crippen LogP contribution in [0.1, 0.15) is 219 Å². The first-order valence-electron chi connectivity index (χ1n) is 20.4. The molecule has 0 fully saturated rings. The monoisotopic (exact) mass is 646 g/mol. The topological polar surface area (TPSA) is 57.6 Å². The first-order valence-corrected chi connectivity index (χ1v) is 20.4. The van der Waals surface area contributed by atoms with Gasteiger partial charge in [-0.3, -0.25) is 9.59 Å². The first kappa shape index (κ1) is 44.4. The molecule has 1 N–H and O–H groups in total. The second kappa shape index (κ2) is 37.9. The van der Waals surface area contributed by atoms with Gasteiger partial charge in [0.05, 0.1) is 0 Å². The van der Waals surface area contributed by atoms with Crippen molar-refractivity contribution in [2.45, 2.75) is 219 Å². The van der Waals surface area contributed by atoms with E-state index in [1.807, 2.05) is 0 Å². The number of aliphatic carboxylic acids is 1. The van der Waals surface area contributed by atoms with Crippen molar-refractivity contribution in [1.82, 2.24) is 4.90 Å². The third kappa shape index (κ3) is 35.3. The number of rotatable bonds is 37. The fourth-order valence-electron chi connectivity index (χ4n) is 6.17. The summed E-state index contributed by atoms with van der Waals surface area (Å²) in [6.07, 6.45) is 47.8. The van der Waals surface area contributed by atoms with Crippen LogP contribution < -0.4 is 0 Å². The molecule has 0 saturated carbocycles. The molecule has 1 amide bonds. The lowest BCUT2D eigenvalue weighted by molar-refractivity contribution is -0.137. The lowest BCUT2D eigenvalue weighted by atomic mass is 10.1. The summed E-state index contributed by atoms with van der Waals surface area (Å²) in [5.41, 5.74) is 0. The summed E-state index contributed by atoms with van der Waals surface area (Å²) < 4.78 is 0. The third-order valence-corrected chi connectivity index (χ3v) is 9.26. The lowest BCUT2D eigenvalue weighted by Gasteiger charge is -2.23. The Morgan fingerprint density at radius 1 is 0.413 bits per heavy atom. The zero-order valence-electron chi connectivity index (χ0n) is 31.1. The molecule has 0 rings (SSSR count). The Hall–Kier alpha value is -1.58. The van der Waals surface area contributed by atoms with Crippen LogP contribution in [-0.4, -0.2) is 35.0 Å². The van der Waals surface area contributed by atoms with E-state index in [0.717, 1.165) is 25.9 Å². The number of allylic oxidation sites excluding steroid dienone is 4. The highest BCUT2D eigenvalue weighted by atomic mass is 16.4. The molecular formula is C42H79NO3. The number of carboxylic acids is 1. The standard InChI is InChI=1S/C42H79NO3/c1-3-5-7-9-11-13-15-17-19-21-23-25-27-29-31-35-39-43(41(44)37-33-34-38-42(45)46)40-36-32-30-28-26-24-22-20-18-16-14-12-10-8-6-4-2/h17-20H,3-16,21-40H2,1-2H3,(H,45,46)/b19-17-,20-18-. The van der Waals surface area contributed by atoms with E-state index in [1.54, 1.807) is 0 Å². The minimum absolute atomic E-state index is 0.164. The molecule has 0 bridgehead atoms. The van der Waals surface area contributed by atoms with Gasteiger partial charge in [-0.2, -0.15) is 0 Å². The maximum absolute atomic E-state index is 12.9. The summed E-state index contributed by atoms with van der Waals surface area (Å²) in [7, 11) is 0. The van der Waals surface area contributed by atoms with Crippen molar-refractivity contribution < 1.29 is 14.7 Å². The van der Waals surface area contributed by atoms with Crippen LogP contribution in [0.25, 0.3) is 0 Å². The highest BCUT2D eigenvalue weighted by molar-refractivity contribution is 5.76. The van der Waals surface area contributed by atoms with Crippen molar-refractivity contribution in [3.05, 3.63) is 24.3 Å². The van der Waals surface area contributed by atoms with Crippen LogP contribution >= 0.6 is 0 Å². The summed E-state index contributed by atoms with van der Waals surface area (Å²) in [6.45, 7) is 6.28. The van der Waals surface area contributed by atoms with Crippen LogP contribution in [-0.2, 0) is 9.59 Å². The van der Waals surface area contributed by atoms with Crippen LogP contribution in [0.3, 0.4) is 0 Å². The molecule has 0 aromatic carbocycles. The van der Waals surface area contributed by atoms with Gasteiger partial charge in [-0.1, -0.05) is 154 Å². The molecule has 0 unspecified atom stereocenters. The largest absolute Gasteiger partial charge is 0.481 e. The number of carboxylic acid groups (broad SMARTS) is 1. The highest BCUT2D eigenvalue weighted by Gasteiger charge is 2.13. The van der Waals surface area contributed by atoms with Gasteiger partial charge in [-0.05, 0) is 77.0 Å². The maximum Gasteiger partial charge on any atom is 0.303 e. The van der Waals surface area contributed by atoms with E-state index in [4.69, 9.17) is 5.11 Å². The van der Waals surface area contributed by atoms with Crippen molar-refractivity contribution >= 4 is 11.9 Å². The van der Waals surface area contributed by atoms with Crippen LogP contribution in [0, 0.1) is 0 Å². The Morgan fingerprint density at radius 2 is 0.717 bits per heavy atom. The first-order chi connectivity index (χ1) is 22.6. The van der Waals surface area contributed by atoms with Crippen LogP contribution in [0.15, 0.2) is 24.3 Å². The van der Waals surface area contributed by atoms with E-state index < -0.39 is 5.97 Å². The molecule has 0 aromatic rings. The van der Waals surface area contributed by atoms with Gasteiger partial charge in [0.2, 0.25) is 5.91 Å². The number of nitrogens with zero attached hydrogens (tertiary/aromatic N) is 1. The number of hydrogen-bond donors (Lipinski definition) is 1. The van der Waals surface area contributed by atoms with Crippen LogP contribution in [0.4, 0.5) is 0 Å². The molecule has 0 heterocycles. The summed E-state index contributed by atoms with van der Waals surface area (Å²) >= 11 is 0. The summed E-state index contributed by atoms with van der Waals surface area (Å²) in [5, 5.41) is 8.90. The predicted octanol–water partition coefficient (Wildman–Crippen LogP) is 13.5. The minimum atomic E-state index is -0.766. The maximum atomic E-state index is 12.9. The molecule has 0 aliphatic heterocycles. The lowest BCUT2D eigenvalue weighted by Crippen LogP contribution is -2.32.